The largest absolute Gasteiger partial charge is 0.354 e. The third kappa shape index (κ3) is 4.96. The van der Waals surface area contributed by atoms with Crippen LogP contribution in [-0.4, -0.2) is 40.5 Å². The van der Waals surface area contributed by atoms with Gasteiger partial charge in [0.05, 0.1) is 5.52 Å². The highest BCUT2D eigenvalue weighted by Gasteiger charge is 2.20. The molecule has 8 nitrogen and oxygen atoms in total. The van der Waals surface area contributed by atoms with E-state index in [0.717, 1.165) is 11.1 Å². The van der Waals surface area contributed by atoms with Crippen molar-refractivity contribution in [3.63, 3.8) is 0 Å². The van der Waals surface area contributed by atoms with E-state index in [9.17, 15) is 14.4 Å². The summed E-state index contributed by atoms with van der Waals surface area (Å²) in [5.41, 5.74) is 2.37. The molecule has 1 heterocycles. The van der Waals surface area contributed by atoms with E-state index in [1.165, 1.54) is 0 Å². The van der Waals surface area contributed by atoms with Gasteiger partial charge >= 0.3 is 0 Å². The second-order valence-corrected chi connectivity index (χ2v) is 7.22. The summed E-state index contributed by atoms with van der Waals surface area (Å²) >= 11 is 6.04. The highest BCUT2D eigenvalue weighted by Crippen LogP contribution is 2.22. The third-order valence-electron chi connectivity index (χ3n) is 4.62. The summed E-state index contributed by atoms with van der Waals surface area (Å²) in [6, 6.07) is 11.7. The van der Waals surface area contributed by atoms with Gasteiger partial charge < -0.3 is 16.0 Å². The molecule has 3 amide bonds. The number of aromatic nitrogens is 2. The van der Waals surface area contributed by atoms with E-state index >= 15 is 0 Å². The number of aromatic amines is 1. The van der Waals surface area contributed by atoms with Crippen molar-refractivity contribution in [1.82, 2.24) is 20.8 Å². The van der Waals surface area contributed by atoms with E-state index in [-0.39, 0.29) is 24.6 Å². The van der Waals surface area contributed by atoms with E-state index in [4.69, 9.17) is 11.6 Å². The molecule has 156 valence electrons. The van der Waals surface area contributed by atoms with Gasteiger partial charge in [0.25, 0.3) is 5.91 Å². The molecule has 3 aromatic rings. The molecule has 0 saturated carbocycles. The molecule has 9 heteroatoms. The Morgan fingerprint density at radius 3 is 2.70 bits per heavy atom. The Morgan fingerprint density at radius 1 is 1.13 bits per heavy atom. The summed E-state index contributed by atoms with van der Waals surface area (Å²) in [5, 5.41) is 16.1. The minimum absolute atomic E-state index is 0.0857. The van der Waals surface area contributed by atoms with E-state index in [1.54, 1.807) is 37.3 Å². The van der Waals surface area contributed by atoms with E-state index in [2.05, 4.69) is 26.1 Å². The Kier molecular flexibility index (Phi) is 6.68. The molecule has 0 bridgehead atoms. The summed E-state index contributed by atoms with van der Waals surface area (Å²) in [6.45, 7) is 3.51. The Bertz CT molecular complexity index is 1100. The van der Waals surface area contributed by atoms with Crippen LogP contribution in [0.4, 0.5) is 5.69 Å². The maximum atomic E-state index is 12.4. The monoisotopic (exact) mass is 427 g/mol. The first-order valence-corrected chi connectivity index (χ1v) is 9.81. The Labute approximate surface area is 178 Å². The van der Waals surface area contributed by atoms with Crippen LogP contribution in [0.25, 0.3) is 10.9 Å². The van der Waals surface area contributed by atoms with Crippen molar-refractivity contribution in [3.05, 3.63) is 58.7 Å². The first kappa shape index (κ1) is 21.3. The molecule has 2 aromatic carbocycles. The van der Waals surface area contributed by atoms with Crippen molar-refractivity contribution in [2.45, 2.75) is 26.3 Å². The number of benzene rings is 2. The van der Waals surface area contributed by atoms with Gasteiger partial charge in [-0.3, -0.25) is 19.5 Å². The van der Waals surface area contributed by atoms with Crippen LogP contribution in [0.5, 0.6) is 0 Å². The van der Waals surface area contributed by atoms with Gasteiger partial charge in [0, 0.05) is 29.1 Å². The van der Waals surface area contributed by atoms with Crippen LogP contribution in [0.2, 0.25) is 5.02 Å². The van der Waals surface area contributed by atoms with Gasteiger partial charge in [-0.15, -0.1) is 0 Å². The number of nitrogens with zero attached hydrogens (tertiary/aromatic N) is 1. The fourth-order valence-corrected chi connectivity index (χ4v) is 3.05. The summed E-state index contributed by atoms with van der Waals surface area (Å²) < 4.78 is 0. The van der Waals surface area contributed by atoms with Crippen molar-refractivity contribution in [3.8, 4) is 0 Å². The van der Waals surface area contributed by atoms with Crippen LogP contribution < -0.4 is 16.0 Å². The maximum absolute atomic E-state index is 12.4. The van der Waals surface area contributed by atoms with E-state index in [0.29, 0.717) is 16.1 Å². The second kappa shape index (κ2) is 9.41. The van der Waals surface area contributed by atoms with Gasteiger partial charge in [-0.2, -0.15) is 5.10 Å². The standard InChI is InChI=1S/C21H22ClN5O3/c1-12-15(22)7-5-9-16(12)25-18(28)10-11-23-20(29)13(2)24-21(30)19-14-6-3-4-8-17(14)26-27-19/h3-9,13H,10-11H2,1-2H3,(H,23,29)(H,24,30)(H,25,28)(H,26,27). The fraction of sp³-hybridized carbons (Fsp3) is 0.238. The fourth-order valence-electron chi connectivity index (χ4n) is 2.88. The molecule has 1 atom stereocenters. The zero-order valence-corrected chi connectivity index (χ0v) is 17.3. The van der Waals surface area contributed by atoms with Crippen LogP contribution in [0.15, 0.2) is 42.5 Å². The van der Waals surface area contributed by atoms with Gasteiger partial charge in [-0.1, -0.05) is 35.9 Å². The molecule has 0 spiro atoms. The van der Waals surface area contributed by atoms with Crippen LogP contribution in [0.3, 0.4) is 0 Å². The Morgan fingerprint density at radius 2 is 1.90 bits per heavy atom. The molecular formula is C21H22ClN5O3. The van der Waals surface area contributed by atoms with Crippen LogP contribution in [-0.2, 0) is 9.59 Å². The highest BCUT2D eigenvalue weighted by atomic mass is 35.5. The highest BCUT2D eigenvalue weighted by molar-refractivity contribution is 6.31. The molecular weight excluding hydrogens is 406 g/mol. The number of H-pyrrole nitrogens is 1. The number of rotatable bonds is 7. The average molecular weight is 428 g/mol. The Hall–Kier alpha value is -3.39. The number of amides is 3. The van der Waals surface area contributed by atoms with E-state index in [1.807, 2.05) is 19.1 Å². The van der Waals surface area contributed by atoms with Crippen molar-refractivity contribution in [1.29, 1.82) is 0 Å². The van der Waals surface area contributed by atoms with E-state index < -0.39 is 17.9 Å². The van der Waals surface area contributed by atoms with Gasteiger partial charge in [-0.05, 0) is 37.6 Å². The average Bonchev–Trinajstić information content (AvgIpc) is 3.15. The quantitative estimate of drug-likeness (QED) is 0.464. The number of fused-ring (bicyclic) bond motifs is 1. The van der Waals surface area contributed by atoms with Gasteiger partial charge in [-0.25, -0.2) is 0 Å². The number of para-hydroxylation sites is 1. The lowest BCUT2D eigenvalue weighted by Gasteiger charge is -2.14. The molecule has 3 rings (SSSR count). The minimum atomic E-state index is -0.786. The molecule has 1 unspecified atom stereocenters. The zero-order valence-electron chi connectivity index (χ0n) is 16.6. The lowest BCUT2D eigenvalue weighted by atomic mass is 10.2. The molecule has 0 radical (unpaired) electrons. The number of carbonyl (C=O) groups excluding carboxylic acids is 3. The maximum Gasteiger partial charge on any atom is 0.273 e. The lowest BCUT2D eigenvalue weighted by molar-refractivity contribution is -0.122. The van der Waals surface area contributed by atoms with Crippen LogP contribution in [0, 0.1) is 6.92 Å². The number of hydrogen-bond donors (Lipinski definition) is 4. The Balaban J connectivity index is 1.47. The zero-order chi connectivity index (χ0) is 21.7. The van der Waals surface area contributed by atoms with Crippen molar-refractivity contribution in [2.24, 2.45) is 0 Å². The molecule has 0 fully saturated rings. The van der Waals surface area contributed by atoms with Gasteiger partial charge in [0.2, 0.25) is 11.8 Å². The molecule has 0 saturated heterocycles. The van der Waals surface area contributed by atoms with Gasteiger partial charge in [0.15, 0.2) is 5.69 Å². The number of anilines is 1. The smallest absolute Gasteiger partial charge is 0.273 e. The predicted octanol–water partition coefficient (Wildman–Crippen LogP) is 2.79. The number of carbonyl (C=O) groups is 3. The molecule has 1 aromatic heterocycles. The van der Waals surface area contributed by atoms with Crippen molar-refractivity contribution < 1.29 is 14.4 Å². The summed E-state index contributed by atoms with van der Waals surface area (Å²) in [6.07, 6.45) is 0.0857. The molecule has 0 aliphatic rings. The number of halogens is 1. The van der Waals surface area contributed by atoms with Crippen molar-refractivity contribution in [2.75, 3.05) is 11.9 Å². The SMILES string of the molecule is Cc1c(Cl)cccc1NC(=O)CCNC(=O)C(C)NC(=O)c1n[nH]c2ccccc12. The lowest BCUT2D eigenvalue weighted by Crippen LogP contribution is -2.45. The number of hydrogen-bond acceptors (Lipinski definition) is 4. The van der Waals surface area contributed by atoms with Crippen molar-refractivity contribution >= 4 is 45.9 Å². The normalized spacial score (nSPS) is 11.7. The minimum Gasteiger partial charge on any atom is -0.354 e. The first-order valence-electron chi connectivity index (χ1n) is 9.43. The third-order valence-corrected chi connectivity index (χ3v) is 5.03. The molecule has 4 N–H and O–H groups in total. The summed E-state index contributed by atoms with van der Waals surface area (Å²) in [5.74, 6) is -1.10. The number of nitrogens with one attached hydrogen (secondary N) is 4. The summed E-state index contributed by atoms with van der Waals surface area (Å²) in [7, 11) is 0. The molecule has 0 aliphatic carbocycles. The predicted molar refractivity (Wildman–Crippen MR) is 115 cm³/mol. The second-order valence-electron chi connectivity index (χ2n) is 6.81. The van der Waals surface area contributed by atoms with Crippen LogP contribution in [0.1, 0.15) is 29.4 Å². The topological polar surface area (TPSA) is 116 Å². The van der Waals surface area contributed by atoms with Gasteiger partial charge in [0.1, 0.15) is 6.04 Å². The summed E-state index contributed by atoms with van der Waals surface area (Å²) in [4.78, 5) is 36.8. The van der Waals surface area contributed by atoms with Crippen LogP contribution >= 0.6 is 11.6 Å². The first-order chi connectivity index (χ1) is 14.4. The molecule has 30 heavy (non-hydrogen) atoms. The molecule has 0 aliphatic heterocycles.